The molecular formula is C26H30FN3O6S. The summed E-state index contributed by atoms with van der Waals surface area (Å²) in [5.74, 6) is -2.33. The fourth-order valence-electron chi connectivity index (χ4n) is 4.47. The number of amides is 3. The summed E-state index contributed by atoms with van der Waals surface area (Å²) in [6, 6.07) is 9.44. The number of carbonyl (C=O) groups excluding carboxylic acids is 3. The number of halogens is 1. The van der Waals surface area contributed by atoms with Crippen molar-refractivity contribution in [3.63, 3.8) is 0 Å². The third kappa shape index (κ3) is 6.85. The number of para-hydroxylation sites is 1. The first kappa shape index (κ1) is 26.6. The van der Waals surface area contributed by atoms with Gasteiger partial charge in [0, 0.05) is 28.6 Å². The second-order valence-electron chi connectivity index (χ2n) is 9.08. The van der Waals surface area contributed by atoms with Crippen molar-refractivity contribution in [2.24, 2.45) is 0 Å². The van der Waals surface area contributed by atoms with Crippen LogP contribution in [0.15, 0.2) is 42.5 Å². The van der Waals surface area contributed by atoms with Crippen LogP contribution in [0.25, 0.3) is 0 Å². The number of rotatable bonds is 9. The van der Waals surface area contributed by atoms with Crippen LogP contribution in [-0.4, -0.2) is 52.3 Å². The average molecular weight is 532 g/mol. The molecule has 0 unspecified atom stereocenters. The molecule has 3 amide bonds. The lowest BCUT2D eigenvalue weighted by atomic mass is 9.95. The minimum absolute atomic E-state index is 0.00952. The highest BCUT2D eigenvalue weighted by Gasteiger charge is 2.31. The van der Waals surface area contributed by atoms with E-state index in [-0.39, 0.29) is 18.5 Å². The maximum absolute atomic E-state index is 14.7. The molecule has 11 heteroatoms. The fraction of sp³-hybridized carbons (Fsp3) is 0.423. The Hall–Kier alpha value is -3.47. The number of carbonyl (C=O) groups is 3. The largest absolute Gasteiger partial charge is 0.454 e. The highest BCUT2D eigenvalue weighted by molar-refractivity contribution is 7.86. The van der Waals surface area contributed by atoms with Crippen LogP contribution in [0.3, 0.4) is 0 Å². The summed E-state index contributed by atoms with van der Waals surface area (Å²) in [6.45, 7) is 1.60. The maximum Gasteiger partial charge on any atom is 0.243 e. The number of ether oxygens (including phenoxy) is 2. The summed E-state index contributed by atoms with van der Waals surface area (Å²) in [5, 5.41) is 5.58. The predicted molar refractivity (Wildman–Crippen MR) is 137 cm³/mol. The Kier molecular flexibility index (Phi) is 8.75. The van der Waals surface area contributed by atoms with Crippen LogP contribution in [0, 0.1) is 5.82 Å². The molecule has 2 N–H and O–H groups in total. The lowest BCUT2D eigenvalue weighted by Gasteiger charge is -2.31. The van der Waals surface area contributed by atoms with Gasteiger partial charge >= 0.3 is 0 Å². The zero-order valence-electron chi connectivity index (χ0n) is 20.5. The topological polar surface area (TPSA) is 114 Å². The summed E-state index contributed by atoms with van der Waals surface area (Å²) in [4.78, 5) is 39.7. The van der Waals surface area contributed by atoms with Crippen LogP contribution in [0.5, 0.6) is 11.5 Å². The first-order chi connectivity index (χ1) is 17.8. The molecule has 0 aromatic heterocycles. The lowest BCUT2D eigenvalue weighted by Crippen LogP contribution is -2.52. The van der Waals surface area contributed by atoms with E-state index < -0.39 is 51.9 Å². The van der Waals surface area contributed by atoms with Crippen molar-refractivity contribution in [1.29, 1.82) is 0 Å². The molecule has 1 fully saturated rings. The number of fused-ring (bicyclic) bond motifs is 1. The number of anilines is 2. The molecule has 0 spiro atoms. The zero-order chi connectivity index (χ0) is 26.4. The second kappa shape index (κ2) is 12.2. The Morgan fingerprint density at radius 2 is 1.78 bits per heavy atom. The first-order valence-electron chi connectivity index (χ1n) is 12.2. The van der Waals surface area contributed by atoms with Gasteiger partial charge in [0.05, 0.1) is 5.69 Å². The van der Waals surface area contributed by atoms with Crippen LogP contribution < -0.4 is 25.0 Å². The van der Waals surface area contributed by atoms with E-state index >= 15 is 0 Å². The van der Waals surface area contributed by atoms with Gasteiger partial charge in [-0.1, -0.05) is 31.4 Å². The third-order valence-electron chi connectivity index (χ3n) is 6.33. The lowest BCUT2D eigenvalue weighted by molar-refractivity contribution is -0.126. The van der Waals surface area contributed by atoms with Crippen LogP contribution in [0.4, 0.5) is 15.8 Å². The third-order valence-corrected chi connectivity index (χ3v) is 7.48. The fourth-order valence-corrected chi connectivity index (χ4v) is 5.35. The van der Waals surface area contributed by atoms with E-state index in [2.05, 4.69) is 10.6 Å². The van der Waals surface area contributed by atoms with E-state index in [0.717, 1.165) is 37.0 Å². The van der Waals surface area contributed by atoms with Gasteiger partial charge in [0.1, 0.15) is 23.4 Å². The van der Waals surface area contributed by atoms with Crippen molar-refractivity contribution in [3.8, 4) is 11.5 Å². The van der Waals surface area contributed by atoms with Crippen LogP contribution >= 0.6 is 0 Å². The van der Waals surface area contributed by atoms with E-state index in [1.807, 2.05) is 0 Å². The van der Waals surface area contributed by atoms with E-state index in [0.29, 0.717) is 17.2 Å². The minimum Gasteiger partial charge on any atom is -0.454 e. The zero-order valence-corrected chi connectivity index (χ0v) is 21.4. The monoisotopic (exact) mass is 531 g/mol. The second-order valence-corrected chi connectivity index (χ2v) is 10.5. The Bertz CT molecular complexity index is 1190. The first-order valence-corrected chi connectivity index (χ1v) is 13.7. The summed E-state index contributed by atoms with van der Waals surface area (Å²) in [6.07, 6.45) is 4.87. The number of hydrogen-bond donors (Lipinski definition) is 2. The molecule has 1 aliphatic carbocycles. The molecule has 0 bridgehead atoms. The van der Waals surface area contributed by atoms with E-state index in [1.165, 1.54) is 25.1 Å². The Morgan fingerprint density at radius 3 is 2.54 bits per heavy atom. The Morgan fingerprint density at radius 1 is 1.05 bits per heavy atom. The van der Waals surface area contributed by atoms with Gasteiger partial charge < -0.3 is 20.1 Å². The highest BCUT2D eigenvalue weighted by atomic mass is 32.2. The van der Waals surface area contributed by atoms with Crippen molar-refractivity contribution in [2.75, 3.05) is 28.5 Å². The number of nitrogens with one attached hydrogen (secondary N) is 2. The standard InChI is InChI=1S/C26H30FN3O6S/c1-17(26(33)29-18-7-3-2-4-8-18)30(21-10-6-5-9-20(21)27)25(32)15-37(34)14-24(31)28-19-11-12-22-23(13-19)36-16-35-22/h5-6,9-13,17-18H,2-4,7-8,14-16H2,1H3,(H,28,31)(H,29,33)/t17-,37+/m0/s1. The number of benzene rings is 2. The SMILES string of the molecule is C[C@@H](C(=O)NC1CCCCC1)N(C(=O)C[S@](=O)CC(=O)Nc1ccc2c(c1)OCO2)c1ccccc1F. The molecule has 1 aliphatic heterocycles. The van der Waals surface area contributed by atoms with Crippen molar-refractivity contribution in [1.82, 2.24) is 5.32 Å². The Labute approximate surface area is 217 Å². The van der Waals surface area contributed by atoms with E-state index in [1.54, 1.807) is 24.3 Å². The van der Waals surface area contributed by atoms with Gasteiger partial charge in [0.15, 0.2) is 11.5 Å². The number of hydrogen-bond acceptors (Lipinski definition) is 6. The maximum atomic E-state index is 14.7. The smallest absolute Gasteiger partial charge is 0.243 e. The molecule has 2 aromatic rings. The molecule has 2 atom stereocenters. The van der Waals surface area contributed by atoms with Crippen LogP contribution in [0.1, 0.15) is 39.0 Å². The van der Waals surface area contributed by atoms with Crippen molar-refractivity contribution in [2.45, 2.75) is 51.1 Å². The normalized spacial score (nSPS) is 16.5. The van der Waals surface area contributed by atoms with Crippen molar-refractivity contribution in [3.05, 3.63) is 48.3 Å². The number of nitrogens with zero attached hydrogens (tertiary/aromatic N) is 1. The van der Waals surface area contributed by atoms with Gasteiger partial charge in [-0.15, -0.1) is 0 Å². The molecule has 37 heavy (non-hydrogen) atoms. The van der Waals surface area contributed by atoms with Gasteiger partial charge in [0.2, 0.25) is 24.5 Å². The molecular weight excluding hydrogens is 501 g/mol. The van der Waals surface area contributed by atoms with E-state index in [4.69, 9.17) is 9.47 Å². The molecule has 0 saturated heterocycles. The molecule has 0 radical (unpaired) electrons. The highest BCUT2D eigenvalue weighted by Crippen LogP contribution is 2.34. The van der Waals surface area contributed by atoms with Gasteiger partial charge in [-0.05, 0) is 44.0 Å². The molecule has 2 aliphatic rings. The van der Waals surface area contributed by atoms with Crippen LogP contribution in [0.2, 0.25) is 0 Å². The van der Waals surface area contributed by atoms with Gasteiger partial charge in [-0.2, -0.15) is 0 Å². The molecule has 9 nitrogen and oxygen atoms in total. The Balaban J connectivity index is 1.40. The molecule has 2 aromatic carbocycles. The molecule has 1 heterocycles. The van der Waals surface area contributed by atoms with Gasteiger partial charge in [0.25, 0.3) is 0 Å². The minimum atomic E-state index is -1.90. The molecule has 4 rings (SSSR count). The van der Waals surface area contributed by atoms with E-state index in [9.17, 15) is 23.0 Å². The van der Waals surface area contributed by atoms with Gasteiger partial charge in [-0.25, -0.2) is 4.39 Å². The predicted octanol–water partition coefficient (Wildman–Crippen LogP) is 3.11. The van der Waals surface area contributed by atoms with Crippen molar-refractivity contribution >= 4 is 39.9 Å². The quantitative estimate of drug-likeness (QED) is 0.514. The average Bonchev–Trinajstić information content (AvgIpc) is 3.33. The summed E-state index contributed by atoms with van der Waals surface area (Å²) >= 11 is 0. The van der Waals surface area contributed by atoms with Crippen LogP contribution in [-0.2, 0) is 25.2 Å². The summed E-state index contributed by atoms with van der Waals surface area (Å²) in [5.41, 5.74) is 0.346. The van der Waals surface area contributed by atoms with Crippen molar-refractivity contribution < 1.29 is 32.5 Å². The molecule has 1 saturated carbocycles. The van der Waals surface area contributed by atoms with Gasteiger partial charge in [-0.3, -0.25) is 23.5 Å². The molecule has 198 valence electrons. The summed E-state index contributed by atoms with van der Waals surface area (Å²) < 4.78 is 37.9. The summed E-state index contributed by atoms with van der Waals surface area (Å²) in [7, 11) is -1.90.